The predicted octanol–water partition coefficient (Wildman–Crippen LogP) is 3.15. The first-order chi connectivity index (χ1) is 7.22. The van der Waals surface area contributed by atoms with Gasteiger partial charge in [0.2, 0.25) is 0 Å². The van der Waals surface area contributed by atoms with Crippen molar-refractivity contribution in [1.82, 2.24) is 0 Å². The lowest BCUT2D eigenvalue weighted by Gasteiger charge is -2.25. The largest absolute Gasteiger partial charge is 0.342 e. The Labute approximate surface area is 99.3 Å². The van der Waals surface area contributed by atoms with Gasteiger partial charge in [-0.1, -0.05) is 6.42 Å². The fourth-order valence-electron chi connectivity index (χ4n) is 1.64. The number of carbonyl (C=O) groups excluding carboxylic acids is 1. The Morgan fingerprint density at radius 3 is 3.00 bits per heavy atom. The number of thioether (sulfide) groups is 2. The molecular formula is C10H18O3S2. The lowest BCUT2D eigenvalue weighted by atomic mass is 10.1. The standard InChI is InChI=1S/C10H18O3S2/c1-8-14-7-6-9(15-8)4-2-3-5-10(11)13-12/h8-9,12H,2-7H2,1H3. The summed E-state index contributed by atoms with van der Waals surface area (Å²) in [7, 11) is 0. The molecule has 1 aliphatic heterocycles. The summed E-state index contributed by atoms with van der Waals surface area (Å²) < 4.78 is 0.714. The first-order valence-corrected chi connectivity index (χ1v) is 7.33. The highest BCUT2D eigenvalue weighted by Crippen LogP contribution is 2.37. The monoisotopic (exact) mass is 250 g/mol. The zero-order chi connectivity index (χ0) is 11.1. The average molecular weight is 250 g/mol. The van der Waals surface area contributed by atoms with Gasteiger partial charge in [0.05, 0.1) is 0 Å². The van der Waals surface area contributed by atoms with Crippen molar-refractivity contribution in [1.29, 1.82) is 0 Å². The topological polar surface area (TPSA) is 46.5 Å². The number of unbranched alkanes of at least 4 members (excludes halogenated alkanes) is 1. The minimum absolute atomic E-state index is 0.332. The molecule has 1 fully saturated rings. The minimum Gasteiger partial charge on any atom is -0.301 e. The van der Waals surface area contributed by atoms with E-state index >= 15 is 0 Å². The zero-order valence-corrected chi connectivity index (χ0v) is 10.6. The molecule has 0 amide bonds. The first-order valence-electron chi connectivity index (χ1n) is 5.33. The number of hydrogen-bond acceptors (Lipinski definition) is 5. The molecule has 1 N–H and O–H groups in total. The van der Waals surface area contributed by atoms with Crippen LogP contribution in [0, 0.1) is 0 Å². The van der Waals surface area contributed by atoms with Crippen molar-refractivity contribution in [3.8, 4) is 0 Å². The summed E-state index contributed by atoms with van der Waals surface area (Å²) in [5.41, 5.74) is 0. The molecule has 0 aromatic heterocycles. The van der Waals surface area contributed by atoms with Gasteiger partial charge in [-0.15, -0.1) is 23.5 Å². The summed E-state index contributed by atoms with van der Waals surface area (Å²) in [6.45, 7) is 2.25. The van der Waals surface area contributed by atoms with Gasteiger partial charge < -0.3 is 4.89 Å². The van der Waals surface area contributed by atoms with Crippen molar-refractivity contribution in [3.63, 3.8) is 0 Å². The Morgan fingerprint density at radius 1 is 1.53 bits per heavy atom. The highest BCUT2D eigenvalue weighted by atomic mass is 32.2. The highest BCUT2D eigenvalue weighted by Gasteiger charge is 2.19. The molecule has 0 spiro atoms. The maximum absolute atomic E-state index is 10.6. The summed E-state index contributed by atoms with van der Waals surface area (Å²) in [4.78, 5) is 14.2. The Morgan fingerprint density at radius 2 is 2.33 bits per heavy atom. The molecule has 0 aromatic carbocycles. The summed E-state index contributed by atoms with van der Waals surface area (Å²) >= 11 is 4.07. The summed E-state index contributed by atoms with van der Waals surface area (Å²) in [5.74, 6) is 0.743. The van der Waals surface area contributed by atoms with E-state index in [1.807, 2.05) is 23.5 Å². The molecule has 2 atom stereocenters. The van der Waals surface area contributed by atoms with Gasteiger partial charge in [0.1, 0.15) is 0 Å². The van der Waals surface area contributed by atoms with Crippen LogP contribution in [-0.4, -0.2) is 26.8 Å². The van der Waals surface area contributed by atoms with Gasteiger partial charge in [-0.05, 0) is 31.9 Å². The third kappa shape index (κ3) is 5.68. The molecule has 2 unspecified atom stereocenters. The Balaban J connectivity index is 2.02. The number of hydrogen-bond donors (Lipinski definition) is 1. The molecular weight excluding hydrogens is 232 g/mol. The minimum atomic E-state index is -0.518. The van der Waals surface area contributed by atoms with E-state index in [9.17, 15) is 4.79 Å². The lowest BCUT2D eigenvalue weighted by Crippen LogP contribution is -2.14. The molecule has 0 bridgehead atoms. The van der Waals surface area contributed by atoms with E-state index in [4.69, 9.17) is 5.26 Å². The fourth-order valence-corrected chi connectivity index (χ4v) is 4.72. The molecule has 5 heteroatoms. The van der Waals surface area contributed by atoms with Crippen LogP contribution in [0.15, 0.2) is 0 Å². The number of rotatable bonds is 5. The molecule has 3 nitrogen and oxygen atoms in total. The lowest BCUT2D eigenvalue weighted by molar-refractivity contribution is -0.234. The van der Waals surface area contributed by atoms with Gasteiger partial charge in [-0.2, -0.15) is 5.26 Å². The summed E-state index contributed by atoms with van der Waals surface area (Å²) in [6.07, 6.45) is 4.65. The van der Waals surface area contributed by atoms with Gasteiger partial charge in [0.25, 0.3) is 0 Å². The second-order valence-electron chi connectivity index (χ2n) is 3.69. The smallest absolute Gasteiger partial charge is 0.301 e. The first kappa shape index (κ1) is 13.2. The molecule has 88 valence electrons. The van der Waals surface area contributed by atoms with Crippen molar-refractivity contribution in [2.75, 3.05) is 5.75 Å². The molecule has 1 saturated heterocycles. The SMILES string of the molecule is CC1SCCC(CCCCC(=O)OO)S1. The van der Waals surface area contributed by atoms with Crippen molar-refractivity contribution in [2.45, 2.75) is 48.9 Å². The predicted molar refractivity (Wildman–Crippen MR) is 65.1 cm³/mol. The van der Waals surface area contributed by atoms with Crippen LogP contribution in [0.3, 0.4) is 0 Å². The molecule has 0 radical (unpaired) electrons. The average Bonchev–Trinajstić information content (AvgIpc) is 2.24. The van der Waals surface area contributed by atoms with Crippen LogP contribution in [-0.2, 0) is 9.68 Å². The molecule has 0 aliphatic carbocycles. The molecule has 0 saturated carbocycles. The maximum atomic E-state index is 10.6. The third-order valence-corrected chi connectivity index (χ3v) is 5.36. The van der Waals surface area contributed by atoms with Gasteiger partial charge in [0, 0.05) is 16.3 Å². The summed E-state index contributed by atoms with van der Waals surface area (Å²) in [5, 5.41) is 8.82. The molecule has 15 heavy (non-hydrogen) atoms. The van der Waals surface area contributed by atoms with Crippen LogP contribution in [0.5, 0.6) is 0 Å². The van der Waals surface area contributed by atoms with Crippen LogP contribution < -0.4 is 0 Å². The van der Waals surface area contributed by atoms with Crippen LogP contribution in [0.4, 0.5) is 0 Å². The van der Waals surface area contributed by atoms with Gasteiger partial charge >= 0.3 is 5.97 Å². The summed E-state index contributed by atoms with van der Waals surface area (Å²) in [6, 6.07) is 0. The molecule has 1 rings (SSSR count). The van der Waals surface area contributed by atoms with Gasteiger partial charge in [-0.3, -0.25) is 0 Å². The molecule has 1 heterocycles. The third-order valence-electron chi connectivity index (χ3n) is 2.44. The van der Waals surface area contributed by atoms with E-state index in [1.165, 1.54) is 18.6 Å². The maximum Gasteiger partial charge on any atom is 0.342 e. The Hall–Kier alpha value is 0.130. The van der Waals surface area contributed by atoms with Crippen LogP contribution in [0.25, 0.3) is 0 Å². The van der Waals surface area contributed by atoms with Crippen LogP contribution in [0.2, 0.25) is 0 Å². The molecule has 1 aliphatic rings. The van der Waals surface area contributed by atoms with Gasteiger partial charge in [0.15, 0.2) is 0 Å². The van der Waals surface area contributed by atoms with E-state index in [2.05, 4.69) is 11.8 Å². The second kappa shape index (κ2) is 7.41. The highest BCUT2D eigenvalue weighted by molar-refractivity contribution is 8.17. The molecule has 0 aromatic rings. The fraction of sp³-hybridized carbons (Fsp3) is 0.900. The van der Waals surface area contributed by atoms with E-state index < -0.39 is 5.97 Å². The van der Waals surface area contributed by atoms with Crippen molar-refractivity contribution in [3.05, 3.63) is 0 Å². The Kier molecular flexibility index (Phi) is 6.52. The van der Waals surface area contributed by atoms with E-state index in [-0.39, 0.29) is 0 Å². The number of carbonyl (C=O) groups is 1. The normalized spacial score (nSPS) is 26.3. The van der Waals surface area contributed by atoms with Crippen molar-refractivity contribution >= 4 is 29.5 Å². The van der Waals surface area contributed by atoms with Gasteiger partial charge in [-0.25, -0.2) is 4.79 Å². The Bertz CT molecular complexity index is 199. The van der Waals surface area contributed by atoms with Crippen LogP contribution in [0.1, 0.15) is 39.0 Å². The zero-order valence-electron chi connectivity index (χ0n) is 8.98. The van der Waals surface area contributed by atoms with Crippen molar-refractivity contribution < 1.29 is 14.9 Å². The second-order valence-corrected chi connectivity index (χ2v) is 7.09. The van der Waals surface area contributed by atoms with E-state index in [1.54, 1.807) is 0 Å². The van der Waals surface area contributed by atoms with E-state index in [0.29, 0.717) is 11.0 Å². The quantitative estimate of drug-likeness (QED) is 0.461. The van der Waals surface area contributed by atoms with E-state index in [0.717, 1.165) is 18.1 Å². The van der Waals surface area contributed by atoms with Crippen molar-refractivity contribution in [2.24, 2.45) is 0 Å². The van der Waals surface area contributed by atoms with Crippen LogP contribution >= 0.6 is 23.5 Å².